The van der Waals surface area contributed by atoms with Crippen LogP contribution in [-0.4, -0.2) is 12.2 Å². The fraction of sp³-hybridized carbons (Fsp3) is 0.286. The molecule has 0 aliphatic rings. The Hall–Kier alpha value is -1.39. The molecule has 4 heteroatoms. The van der Waals surface area contributed by atoms with Gasteiger partial charge in [0.1, 0.15) is 6.10 Å². The average Bonchev–Trinajstić information content (AvgIpc) is 2.87. The van der Waals surface area contributed by atoms with Crippen LogP contribution in [0.3, 0.4) is 0 Å². The van der Waals surface area contributed by atoms with E-state index in [0.29, 0.717) is 0 Å². The van der Waals surface area contributed by atoms with Crippen LogP contribution in [0.5, 0.6) is 5.75 Å². The lowest BCUT2D eigenvalue weighted by molar-refractivity contribution is 0.217. The highest BCUT2D eigenvalue weighted by Crippen LogP contribution is 2.32. The second-order valence-electron chi connectivity index (χ2n) is 3.92. The highest BCUT2D eigenvalue weighted by atomic mass is 32.1. The smallest absolute Gasteiger partial charge is 0.171 e. The number of benzene rings is 1. The molecule has 0 radical (unpaired) electrons. The van der Waals surface area contributed by atoms with Gasteiger partial charge in [-0.3, -0.25) is 0 Å². The molecule has 1 unspecified atom stereocenters. The van der Waals surface area contributed by atoms with Crippen LogP contribution in [0.1, 0.15) is 28.3 Å². The standard InChI is InChI=1S/C14H15FO2S/c1-3-9-7-8-12(18-9)14(16)10-5-4-6-11(17-2)13(10)15/h4-8,14,16H,3H2,1-2H3. The summed E-state index contributed by atoms with van der Waals surface area (Å²) in [7, 11) is 1.41. The van der Waals surface area contributed by atoms with Crippen LogP contribution in [0.25, 0.3) is 0 Å². The number of rotatable bonds is 4. The van der Waals surface area contributed by atoms with E-state index in [-0.39, 0.29) is 11.3 Å². The highest BCUT2D eigenvalue weighted by molar-refractivity contribution is 7.12. The number of hydrogen-bond acceptors (Lipinski definition) is 3. The van der Waals surface area contributed by atoms with E-state index in [1.165, 1.54) is 29.4 Å². The highest BCUT2D eigenvalue weighted by Gasteiger charge is 2.19. The van der Waals surface area contributed by atoms with Gasteiger partial charge in [-0.15, -0.1) is 11.3 Å². The van der Waals surface area contributed by atoms with Crippen LogP contribution < -0.4 is 4.74 Å². The van der Waals surface area contributed by atoms with Gasteiger partial charge in [-0.05, 0) is 24.6 Å². The molecule has 0 aliphatic carbocycles. The third kappa shape index (κ3) is 2.40. The maximum absolute atomic E-state index is 14.0. The molecular formula is C14H15FO2S. The zero-order valence-corrected chi connectivity index (χ0v) is 11.1. The summed E-state index contributed by atoms with van der Waals surface area (Å²) < 4.78 is 18.9. The predicted octanol–water partition coefficient (Wildman–Crippen LogP) is 3.54. The lowest BCUT2D eigenvalue weighted by Crippen LogP contribution is -2.02. The summed E-state index contributed by atoms with van der Waals surface area (Å²) in [6.45, 7) is 2.05. The van der Waals surface area contributed by atoms with E-state index < -0.39 is 11.9 Å². The van der Waals surface area contributed by atoms with Crippen molar-refractivity contribution in [3.05, 3.63) is 51.5 Å². The van der Waals surface area contributed by atoms with Crippen LogP contribution in [0.2, 0.25) is 0 Å². The SMILES string of the molecule is CCc1ccc(C(O)c2cccc(OC)c2F)s1. The maximum atomic E-state index is 14.0. The molecule has 0 saturated carbocycles. The molecule has 1 N–H and O–H groups in total. The van der Waals surface area contributed by atoms with Gasteiger partial charge in [0.2, 0.25) is 0 Å². The number of halogens is 1. The fourth-order valence-electron chi connectivity index (χ4n) is 1.78. The van der Waals surface area contributed by atoms with Gasteiger partial charge in [-0.2, -0.15) is 0 Å². The molecule has 0 amide bonds. The van der Waals surface area contributed by atoms with Crippen LogP contribution >= 0.6 is 11.3 Å². The van der Waals surface area contributed by atoms with E-state index >= 15 is 0 Å². The van der Waals surface area contributed by atoms with E-state index in [2.05, 4.69) is 0 Å². The van der Waals surface area contributed by atoms with E-state index in [1.54, 1.807) is 12.1 Å². The topological polar surface area (TPSA) is 29.5 Å². The van der Waals surface area contributed by atoms with Crippen molar-refractivity contribution < 1.29 is 14.2 Å². The molecule has 2 rings (SSSR count). The first-order valence-corrected chi connectivity index (χ1v) is 6.58. The van der Waals surface area contributed by atoms with E-state index in [4.69, 9.17) is 4.74 Å². The van der Waals surface area contributed by atoms with Gasteiger partial charge in [0.15, 0.2) is 11.6 Å². The van der Waals surface area contributed by atoms with Gasteiger partial charge in [0.25, 0.3) is 0 Å². The molecule has 0 bridgehead atoms. The van der Waals surface area contributed by atoms with Crippen molar-refractivity contribution in [1.29, 1.82) is 0 Å². The Bertz CT molecular complexity index is 536. The van der Waals surface area contributed by atoms with Gasteiger partial charge < -0.3 is 9.84 Å². The first kappa shape index (κ1) is 13.1. The monoisotopic (exact) mass is 266 g/mol. The number of aliphatic hydroxyl groups excluding tert-OH is 1. The minimum Gasteiger partial charge on any atom is -0.494 e. The van der Waals surface area contributed by atoms with Gasteiger partial charge in [0, 0.05) is 15.3 Å². The molecule has 18 heavy (non-hydrogen) atoms. The molecule has 1 aromatic carbocycles. The molecule has 0 fully saturated rings. The van der Waals surface area contributed by atoms with Crippen molar-refractivity contribution in [3.63, 3.8) is 0 Å². The Morgan fingerprint density at radius 2 is 2.11 bits per heavy atom. The number of aliphatic hydroxyl groups is 1. The number of methoxy groups -OCH3 is 1. The van der Waals surface area contributed by atoms with Crippen LogP contribution in [0, 0.1) is 5.82 Å². The Balaban J connectivity index is 2.36. The lowest BCUT2D eigenvalue weighted by Gasteiger charge is -2.12. The second-order valence-corrected chi connectivity index (χ2v) is 5.12. The summed E-state index contributed by atoms with van der Waals surface area (Å²) >= 11 is 1.50. The number of ether oxygens (including phenoxy) is 1. The maximum Gasteiger partial charge on any atom is 0.171 e. The minimum absolute atomic E-state index is 0.152. The van der Waals surface area contributed by atoms with Crippen molar-refractivity contribution in [1.82, 2.24) is 0 Å². The summed E-state index contributed by atoms with van der Waals surface area (Å²) in [5.74, 6) is -0.349. The van der Waals surface area contributed by atoms with Crippen molar-refractivity contribution in [2.75, 3.05) is 7.11 Å². The molecule has 1 aromatic heterocycles. The molecule has 0 spiro atoms. The molecule has 0 saturated heterocycles. The Labute approximate surface area is 110 Å². The van der Waals surface area contributed by atoms with Gasteiger partial charge in [-0.25, -0.2) is 4.39 Å². The molecule has 2 nitrogen and oxygen atoms in total. The molecule has 0 aliphatic heterocycles. The van der Waals surface area contributed by atoms with Crippen LogP contribution in [-0.2, 0) is 6.42 Å². The number of aryl methyl sites for hydroxylation is 1. The zero-order valence-electron chi connectivity index (χ0n) is 10.3. The van der Waals surface area contributed by atoms with Gasteiger partial charge >= 0.3 is 0 Å². The number of hydrogen-bond donors (Lipinski definition) is 1. The predicted molar refractivity (Wildman–Crippen MR) is 70.7 cm³/mol. The first-order chi connectivity index (χ1) is 8.67. The summed E-state index contributed by atoms with van der Waals surface area (Å²) in [4.78, 5) is 1.92. The van der Waals surface area contributed by atoms with Crippen molar-refractivity contribution in [2.45, 2.75) is 19.4 Å². The van der Waals surface area contributed by atoms with Crippen molar-refractivity contribution >= 4 is 11.3 Å². The van der Waals surface area contributed by atoms with Crippen LogP contribution in [0.4, 0.5) is 4.39 Å². The van der Waals surface area contributed by atoms with Gasteiger partial charge in [0.05, 0.1) is 7.11 Å². The summed E-state index contributed by atoms with van der Waals surface area (Å²) in [6.07, 6.45) is -0.0248. The van der Waals surface area contributed by atoms with E-state index in [1.807, 2.05) is 19.1 Å². The third-order valence-electron chi connectivity index (χ3n) is 2.81. The van der Waals surface area contributed by atoms with E-state index in [0.717, 1.165) is 11.3 Å². The first-order valence-electron chi connectivity index (χ1n) is 5.76. The van der Waals surface area contributed by atoms with Crippen LogP contribution in [0.15, 0.2) is 30.3 Å². The van der Waals surface area contributed by atoms with Crippen molar-refractivity contribution in [3.8, 4) is 5.75 Å². The second kappa shape index (κ2) is 5.50. The Morgan fingerprint density at radius 3 is 2.72 bits per heavy atom. The molecule has 96 valence electrons. The third-order valence-corrected chi connectivity index (χ3v) is 4.09. The zero-order chi connectivity index (χ0) is 13.1. The lowest BCUT2D eigenvalue weighted by atomic mass is 10.1. The normalized spacial score (nSPS) is 12.4. The summed E-state index contributed by atoms with van der Waals surface area (Å²) in [5.41, 5.74) is 0.249. The van der Waals surface area contributed by atoms with Crippen molar-refractivity contribution in [2.24, 2.45) is 0 Å². The minimum atomic E-state index is -0.939. The van der Waals surface area contributed by atoms with Gasteiger partial charge in [-0.1, -0.05) is 19.1 Å². The average molecular weight is 266 g/mol. The molecule has 2 aromatic rings. The molecular weight excluding hydrogens is 251 g/mol. The molecule has 1 heterocycles. The largest absolute Gasteiger partial charge is 0.494 e. The Morgan fingerprint density at radius 1 is 1.33 bits per heavy atom. The van der Waals surface area contributed by atoms with E-state index in [9.17, 15) is 9.50 Å². The summed E-state index contributed by atoms with van der Waals surface area (Å²) in [6, 6.07) is 8.59. The Kier molecular flexibility index (Phi) is 3.99. The summed E-state index contributed by atoms with van der Waals surface area (Å²) in [5, 5.41) is 10.2. The molecule has 1 atom stereocenters. The quantitative estimate of drug-likeness (QED) is 0.917. The fourth-order valence-corrected chi connectivity index (χ4v) is 2.74. The number of thiophene rings is 1.